The summed E-state index contributed by atoms with van der Waals surface area (Å²) in [6, 6.07) is 8.18. The zero-order valence-corrected chi connectivity index (χ0v) is 20.2. The molecule has 2 aromatic rings. The van der Waals surface area contributed by atoms with Crippen LogP contribution in [0.1, 0.15) is 19.5 Å². The topological polar surface area (TPSA) is 61.3 Å². The largest absolute Gasteiger partial charge is 0.495 e. The molecule has 1 saturated heterocycles. The number of anilines is 1. The second kappa shape index (κ2) is 9.73. The molecule has 0 N–H and O–H groups in total. The highest BCUT2D eigenvalue weighted by Crippen LogP contribution is 2.33. The van der Waals surface area contributed by atoms with Crippen LogP contribution in [-0.4, -0.2) is 77.3 Å². The molecular formula is C23H26Cl2FN5O2. The molecule has 1 aromatic heterocycles. The lowest BCUT2D eigenvalue weighted by molar-refractivity contribution is -0.135. The highest BCUT2D eigenvalue weighted by Gasteiger charge is 2.37. The Labute approximate surface area is 202 Å². The number of aromatic nitrogens is 1. The summed E-state index contributed by atoms with van der Waals surface area (Å²) in [7, 11) is 1.49. The van der Waals surface area contributed by atoms with Crippen LogP contribution in [0.4, 0.5) is 10.1 Å². The Balaban J connectivity index is 1.43. The van der Waals surface area contributed by atoms with E-state index >= 15 is 0 Å². The van der Waals surface area contributed by atoms with Crippen molar-refractivity contribution in [3.8, 4) is 5.75 Å². The van der Waals surface area contributed by atoms with Crippen molar-refractivity contribution in [2.24, 2.45) is 5.10 Å². The van der Waals surface area contributed by atoms with Gasteiger partial charge < -0.3 is 14.5 Å². The van der Waals surface area contributed by atoms with Crippen LogP contribution < -0.4 is 9.64 Å². The maximum atomic E-state index is 14.6. The normalized spacial score (nSPS) is 23.0. The molecule has 2 aliphatic rings. The van der Waals surface area contributed by atoms with Crippen molar-refractivity contribution < 1.29 is 13.9 Å². The fourth-order valence-electron chi connectivity index (χ4n) is 4.24. The molecule has 3 heterocycles. The van der Waals surface area contributed by atoms with Gasteiger partial charge in [0.1, 0.15) is 29.2 Å². The second-order valence-corrected chi connectivity index (χ2v) is 9.14. The van der Waals surface area contributed by atoms with Gasteiger partial charge in [0.15, 0.2) is 0 Å². The van der Waals surface area contributed by atoms with Crippen LogP contribution in [0.5, 0.6) is 5.75 Å². The Bertz CT molecular complexity index is 1050. The number of nitrogens with zero attached hydrogens (tertiary/aromatic N) is 5. The van der Waals surface area contributed by atoms with Crippen molar-refractivity contribution in [2.45, 2.75) is 31.3 Å². The third-order valence-electron chi connectivity index (χ3n) is 6.13. The van der Waals surface area contributed by atoms with Crippen molar-refractivity contribution in [3.63, 3.8) is 0 Å². The monoisotopic (exact) mass is 493 g/mol. The summed E-state index contributed by atoms with van der Waals surface area (Å²) in [5.41, 5.74) is 1.79. The number of amides is 1. The number of methoxy groups -OCH3 is 1. The number of alkyl halides is 1. The van der Waals surface area contributed by atoms with Gasteiger partial charge >= 0.3 is 0 Å². The van der Waals surface area contributed by atoms with Crippen LogP contribution in [-0.2, 0) is 4.79 Å². The molecule has 0 aliphatic carbocycles. The molecule has 0 spiro atoms. The Kier molecular flexibility index (Phi) is 6.95. The van der Waals surface area contributed by atoms with Gasteiger partial charge in [-0.25, -0.2) is 4.39 Å². The van der Waals surface area contributed by atoms with E-state index in [2.05, 4.69) is 10.1 Å². The lowest BCUT2D eigenvalue weighted by atomic mass is 10.1. The lowest BCUT2D eigenvalue weighted by Gasteiger charge is -2.41. The molecule has 1 fully saturated rings. The van der Waals surface area contributed by atoms with Gasteiger partial charge in [0.25, 0.3) is 0 Å². The van der Waals surface area contributed by atoms with E-state index in [1.54, 1.807) is 17.3 Å². The first-order valence-electron chi connectivity index (χ1n) is 10.8. The number of carbonyl (C=O) groups excluding carboxylic acids is 1. The Morgan fingerprint density at radius 3 is 2.73 bits per heavy atom. The minimum Gasteiger partial charge on any atom is -0.495 e. The van der Waals surface area contributed by atoms with Crippen LogP contribution in [0.15, 0.2) is 41.6 Å². The fraction of sp³-hybridized carbons (Fsp3) is 0.435. The average molecular weight is 494 g/mol. The molecule has 4 rings (SSSR count). The second-order valence-electron chi connectivity index (χ2n) is 8.26. The Morgan fingerprint density at radius 2 is 2.06 bits per heavy atom. The molecular weight excluding hydrogens is 468 g/mol. The molecule has 0 saturated carbocycles. The van der Waals surface area contributed by atoms with Gasteiger partial charge in [0, 0.05) is 37.9 Å². The van der Waals surface area contributed by atoms with E-state index in [0.717, 1.165) is 0 Å². The summed E-state index contributed by atoms with van der Waals surface area (Å²) in [6.07, 6.45) is 1.69. The van der Waals surface area contributed by atoms with E-state index in [1.165, 1.54) is 13.2 Å². The summed E-state index contributed by atoms with van der Waals surface area (Å²) < 4.78 is 19.8. The molecule has 0 bridgehead atoms. The molecule has 2 aliphatic heterocycles. The average Bonchev–Trinajstić information content (AvgIpc) is 3.08. The van der Waals surface area contributed by atoms with Gasteiger partial charge in [0.2, 0.25) is 5.91 Å². The molecule has 3 atom stereocenters. The summed E-state index contributed by atoms with van der Waals surface area (Å²) in [6.45, 7) is 5.47. The van der Waals surface area contributed by atoms with Crippen molar-refractivity contribution >= 4 is 40.5 Å². The first-order valence-corrected chi connectivity index (χ1v) is 11.6. The number of piperazine rings is 1. The van der Waals surface area contributed by atoms with Crippen LogP contribution in [0.2, 0.25) is 5.02 Å². The van der Waals surface area contributed by atoms with Gasteiger partial charge in [0.05, 0.1) is 29.6 Å². The molecule has 176 valence electrons. The lowest BCUT2D eigenvalue weighted by Crippen LogP contribution is -2.56. The number of carbonyl (C=O) groups is 1. The number of hydrogen-bond donors (Lipinski definition) is 0. The van der Waals surface area contributed by atoms with Crippen LogP contribution in [0, 0.1) is 5.82 Å². The Morgan fingerprint density at radius 1 is 1.27 bits per heavy atom. The summed E-state index contributed by atoms with van der Waals surface area (Å²) in [5, 5.41) is 6.20. The number of halogens is 3. The predicted molar refractivity (Wildman–Crippen MR) is 128 cm³/mol. The van der Waals surface area contributed by atoms with E-state index in [1.807, 2.05) is 41.8 Å². The van der Waals surface area contributed by atoms with Crippen molar-refractivity contribution in [1.82, 2.24) is 14.9 Å². The molecule has 1 aromatic carbocycles. The molecule has 2 unspecified atom stereocenters. The number of rotatable bonds is 5. The number of hydrogen-bond acceptors (Lipinski definition) is 6. The molecule has 1 amide bonds. The minimum absolute atomic E-state index is 0.0435. The third kappa shape index (κ3) is 4.73. The quantitative estimate of drug-likeness (QED) is 0.595. The van der Waals surface area contributed by atoms with E-state index in [-0.39, 0.29) is 34.9 Å². The molecule has 33 heavy (non-hydrogen) atoms. The molecule has 0 radical (unpaired) electrons. The fourth-order valence-corrected chi connectivity index (χ4v) is 4.76. The first-order chi connectivity index (χ1) is 15.8. The van der Waals surface area contributed by atoms with E-state index in [0.29, 0.717) is 42.5 Å². The minimum atomic E-state index is -0.414. The van der Waals surface area contributed by atoms with Gasteiger partial charge in [-0.05, 0) is 32.0 Å². The number of ether oxygens (including phenoxy) is 1. The first kappa shape index (κ1) is 23.6. The maximum absolute atomic E-state index is 14.6. The van der Waals surface area contributed by atoms with Crippen molar-refractivity contribution in [1.29, 1.82) is 0 Å². The van der Waals surface area contributed by atoms with Gasteiger partial charge in [-0.15, -0.1) is 11.6 Å². The predicted octanol–water partition coefficient (Wildman–Crippen LogP) is 3.64. The molecule has 7 nitrogen and oxygen atoms in total. The van der Waals surface area contributed by atoms with E-state index < -0.39 is 5.82 Å². The zero-order chi connectivity index (χ0) is 23.7. The number of hydrazone groups is 1. The van der Waals surface area contributed by atoms with Crippen LogP contribution in [0.25, 0.3) is 0 Å². The number of benzene rings is 1. The smallest absolute Gasteiger partial charge is 0.244 e. The SMILES string of the molecule is COc1cc(N2CCN(C(=O)CN3N=C(c4ccccn4)C(Cl)C3C)[C@@H](C)C2)c(F)cc1Cl. The summed E-state index contributed by atoms with van der Waals surface area (Å²) in [4.78, 5) is 21.2. The van der Waals surface area contributed by atoms with Gasteiger partial charge in [-0.2, -0.15) is 5.10 Å². The standard InChI is InChI=1S/C23H26Cl2FN5O2/c1-14-12-29(19-11-20(33-3)16(24)10-17(19)26)8-9-30(14)21(32)13-31-15(2)22(25)23(28-31)18-6-4-5-7-27-18/h4-7,10-11,14-15,22H,8-9,12-13H2,1-3H3/t14-,15?,22?/m0/s1. The third-order valence-corrected chi connectivity index (χ3v) is 6.99. The summed E-state index contributed by atoms with van der Waals surface area (Å²) in [5.74, 6) is -0.0410. The van der Waals surface area contributed by atoms with Gasteiger partial charge in [-0.3, -0.25) is 14.8 Å². The van der Waals surface area contributed by atoms with Crippen molar-refractivity contribution in [3.05, 3.63) is 53.1 Å². The maximum Gasteiger partial charge on any atom is 0.244 e. The van der Waals surface area contributed by atoms with E-state index in [9.17, 15) is 9.18 Å². The van der Waals surface area contributed by atoms with Crippen LogP contribution >= 0.6 is 23.2 Å². The van der Waals surface area contributed by atoms with Crippen LogP contribution in [0.3, 0.4) is 0 Å². The zero-order valence-electron chi connectivity index (χ0n) is 18.7. The van der Waals surface area contributed by atoms with E-state index in [4.69, 9.17) is 27.9 Å². The highest BCUT2D eigenvalue weighted by molar-refractivity contribution is 6.36. The Hall–Kier alpha value is -2.58. The van der Waals surface area contributed by atoms with Gasteiger partial charge in [-0.1, -0.05) is 17.7 Å². The highest BCUT2D eigenvalue weighted by atomic mass is 35.5. The summed E-state index contributed by atoms with van der Waals surface area (Å²) >= 11 is 12.6. The molecule has 10 heteroatoms. The number of pyridine rings is 1. The van der Waals surface area contributed by atoms with Crippen molar-refractivity contribution in [2.75, 3.05) is 38.2 Å².